The lowest BCUT2D eigenvalue weighted by Gasteiger charge is -2.14. The van der Waals surface area contributed by atoms with Crippen LogP contribution in [0.25, 0.3) is 0 Å². The molecule has 2 aromatic rings. The second kappa shape index (κ2) is 8.77. The van der Waals surface area contributed by atoms with E-state index in [1.165, 1.54) is 18.6 Å². The summed E-state index contributed by atoms with van der Waals surface area (Å²) in [5.41, 5.74) is 3.38. The van der Waals surface area contributed by atoms with E-state index in [-0.39, 0.29) is 24.1 Å². The molecule has 2 rings (SSSR count). The minimum atomic E-state index is -0.329. The maximum Gasteiger partial charge on any atom is 0.271 e. The van der Waals surface area contributed by atoms with Gasteiger partial charge in [-0.05, 0) is 37.5 Å². The lowest BCUT2D eigenvalue weighted by molar-refractivity contribution is -0.123. The summed E-state index contributed by atoms with van der Waals surface area (Å²) < 4.78 is 5.64. The minimum absolute atomic E-state index is 0.0662. The first-order valence-electron chi connectivity index (χ1n) is 7.99. The fourth-order valence-electron chi connectivity index (χ4n) is 2.22. The Kier molecular flexibility index (Phi) is 6.45. The Labute approximate surface area is 146 Å². The number of amides is 2. The van der Waals surface area contributed by atoms with Gasteiger partial charge in [-0.25, -0.2) is 4.98 Å². The largest absolute Gasteiger partial charge is 0.483 e. The Bertz CT molecular complexity index is 747. The van der Waals surface area contributed by atoms with Gasteiger partial charge in [-0.3, -0.25) is 14.6 Å². The molecule has 7 nitrogen and oxygen atoms in total. The summed E-state index contributed by atoms with van der Waals surface area (Å²) in [6.45, 7) is 6.45. The summed E-state index contributed by atoms with van der Waals surface area (Å²) in [6, 6.07) is 4.00. The molecule has 0 aliphatic heterocycles. The number of ether oxygens (including phenoxy) is 1. The number of carbonyl (C=O) groups is 2. The average molecular weight is 342 g/mol. The number of hydrogen-bond acceptors (Lipinski definition) is 5. The molecule has 0 bridgehead atoms. The second-order valence-electron chi connectivity index (χ2n) is 5.64. The van der Waals surface area contributed by atoms with Crippen molar-refractivity contribution in [2.45, 2.75) is 20.8 Å². The molecule has 0 unspecified atom stereocenters. The number of rotatable bonds is 7. The summed E-state index contributed by atoms with van der Waals surface area (Å²) in [6.07, 6.45) is 4.33. The molecular weight excluding hydrogens is 320 g/mol. The predicted octanol–water partition coefficient (Wildman–Crippen LogP) is 1.33. The van der Waals surface area contributed by atoms with E-state index in [1.807, 2.05) is 32.9 Å². The molecule has 7 heteroatoms. The molecule has 0 saturated heterocycles. The molecule has 1 heterocycles. The Morgan fingerprint density at radius 3 is 2.48 bits per heavy atom. The van der Waals surface area contributed by atoms with Crippen molar-refractivity contribution in [2.75, 3.05) is 19.7 Å². The molecule has 2 amide bonds. The van der Waals surface area contributed by atoms with E-state index in [1.54, 1.807) is 0 Å². The lowest BCUT2D eigenvalue weighted by atomic mass is 10.1. The van der Waals surface area contributed by atoms with E-state index < -0.39 is 0 Å². The van der Waals surface area contributed by atoms with E-state index in [0.29, 0.717) is 13.1 Å². The fraction of sp³-hybridized carbons (Fsp3) is 0.333. The molecule has 0 atom stereocenters. The molecule has 0 radical (unpaired) electrons. The molecule has 0 spiro atoms. The van der Waals surface area contributed by atoms with Crippen LogP contribution >= 0.6 is 0 Å². The van der Waals surface area contributed by atoms with Gasteiger partial charge < -0.3 is 15.4 Å². The highest BCUT2D eigenvalue weighted by Gasteiger charge is 2.09. The van der Waals surface area contributed by atoms with Crippen molar-refractivity contribution < 1.29 is 14.3 Å². The zero-order valence-electron chi connectivity index (χ0n) is 14.6. The Hall–Kier alpha value is -2.96. The third-order valence-electron chi connectivity index (χ3n) is 3.75. The van der Waals surface area contributed by atoms with Crippen LogP contribution in [0.5, 0.6) is 5.75 Å². The molecule has 0 aliphatic carbocycles. The lowest BCUT2D eigenvalue weighted by Crippen LogP contribution is -2.37. The van der Waals surface area contributed by atoms with Crippen molar-refractivity contribution in [3.63, 3.8) is 0 Å². The second-order valence-corrected chi connectivity index (χ2v) is 5.64. The van der Waals surface area contributed by atoms with Crippen LogP contribution in [0.1, 0.15) is 27.2 Å². The number of aromatic nitrogens is 2. The van der Waals surface area contributed by atoms with Gasteiger partial charge in [-0.1, -0.05) is 12.1 Å². The zero-order valence-corrected chi connectivity index (χ0v) is 14.6. The number of hydrogen-bond donors (Lipinski definition) is 2. The van der Waals surface area contributed by atoms with Crippen LogP contribution in [0.3, 0.4) is 0 Å². The fourth-order valence-corrected chi connectivity index (χ4v) is 2.22. The molecule has 25 heavy (non-hydrogen) atoms. The minimum Gasteiger partial charge on any atom is -0.483 e. The average Bonchev–Trinajstić information content (AvgIpc) is 2.62. The van der Waals surface area contributed by atoms with Crippen LogP contribution in [0, 0.1) is 20.8 Å². The van der Waals surface area contributed by atoms with Crippen molar-refractivity contribution in [1.29, 1.82) is 0 Å². The molecule has 1 aromatic heterocycles. The van der Waals surface area contributed by atoms with Gasteiger partial charge in [-0.15, -0.1) is 0 Å². The van der Waals surface area contributed by atoms with Gasteiger partial charge in [0.25, 0.3) is 11.8 Å². The quantitative estimate of drug-likeness (QED) is 0.741. The molecule has 2 N–H and O–H groups in total. The Morgan fingerprint density at radius 2 is 1.76 bits per heavy atom. The van der Waals surface area contributed by atoms with Gasteiger partial charge >= 0.3 is 0 Å². The summed E-state index contributed by atoms with van der Waals surface area (Å²) in [5, 5.41) is 5.36. The van der Waals surface area contributed by atoms with Crippen molar-refractivity contribution >= 4 is 11.8 Å². The number of carbonyl (C=O) groups excluding carboxylic acids is 2. The first kappa shape index (κ1) is 18.4. The van der Waals surface area contributed by atoms with Crippen molar-refractivity contribution in [3.8, 4) is 5.75 Å². The summed E-state index contributed by atoms with van der Waals surface area (Å²) in [5.74, 6) is 0.171. The van der Waals surface area contributed by atoms with Crippen LogP contribution in [0.4, 0.5) is 0 Å². The van der Waals surface area contributed by atoms with Crippen LogP contribution in [0.2, 0.25) is 0 Å². The van der Waals surface area contributed by atoms with Crippen molar-refractivity contribution in [2.24, 2.45) is 0 Å². The normalized spacial score (nSPS) is 10.2. The molecule has 0 fully saturated rings. The zero-order chi connectivity index (χ0) is 18.2. The smallest absolute Gasteiger partial charge is 0.271 e. The highest BCUT2D eigenvalue weighted by molar-refractivity contribution is 5.91. The van der Waals surface area contributed by atoms with E-state index in [0.717, 1.165) is 22.4 Å². The van der Waals surface area contributed by atoms with Crippen molar-refractivity contribution in [3.05, 3.63) is 53.1 Å². The van der Waals surface area contributed by atoms with Crippen LogP contribution < -0.4 is 15.4 Å². The predicted molar refractivity (Wildman–Crippen MR) is 93.5 cm³/mol. The topological polar surface area (TPSA) is 93.2 Å². The number of aryl methyl sites for hydroxylation is 2. The molecule has 1 aromatic carbocycles. The van der Waals surface area contributed by atoms with Crippen LogP contribution in [-0.2, 0) is 4.79 Å². The van der Waals surface area contributed by atoms with E-state index in [2.05, 4.69) is 20.6 Å². The first-order chi connectivity index (χ1) is 12.0. The first-order valence-corrected chi connectivity index (χ1v) is 7.99. The number of nitrogens with zero attached hydrogens (tertiary/aromatic N) is 2. The monoisotopic (exact) mass is 342 g/mol. The highest BCUT2D eigenvalue weighted by Crippen LogP contribution is 2.25. The van der Waals surface area contributed by atoms with Gasteiger partial charge in [0, 0.05) is 25.5 Å². The van der Waals surface area contributed by atoms with Crippen LogP contribution in [-0.4, -0.2) is 41.5 Å². The maximum atomic E-state index is 11.9. The summed E-state index contributed by atoms with van der Waals surface area (Å²) in [7, 11) is 0. The van der Waals surface area contributed by atoms with Gasteiger partial charge in [0.2, 0.25) is 0 Å². The van der Waals surface area contributed by atoms with Gasteiger partial charge in [0.1, 0.15) is 11.4 Å². The Morgan fingerprint density at radius 1 is 1.04 bits per heavy atom. The van der Waals surface area contributed by atoms with Gasteiger partial charge in [-0.2, -0.15) is 0 Å². The van der Waals surface area contributed by atoms with Gasteiger partial charge in [0.15, 0.2) is 6.61 Å². The van der Waals surface area contributed by atoms with E-state index in [4.69, 9.17) is 4.74 Å². The van der Waals surface area contributed by atoms with E-state index >= 15 is 0 Å². The van der Waals surface area contributed by atoms with Crippen molar-refractivity contribution in [1.82, 2.24) is 20.6 Å². The van der Waals surface area contributed by atoms with Crippen LogP contribution in [0.15, 0.2) is 30.7 Å². The standard InChI is InChI=1S/C18H22N4O3/c1-12-4-5-13(2)17(14(12)3)25-11-16(23)21-8-9-22-18(24)15-10-19-6-7-20-15/h4-7,10H,8-9,11H2,1-3H3,(H,21,23)(H,22,24). The SMILES string of the molecule is Cc1ccc(C)c(OCC(=O)NCCNC(=O)c2cnccn2)c1C. The summed E-state index contributed by atoms with van der Waals surface area (Å²) >= 11 is 0. The number of benzene rings is 1. The third-order valence-corrected chi connectivity index (χ3v) is 3.75. The molecule has 132 valence electrons. The molecule has 0 saturated carbocycles. The molecule has 0 aliphatic rings. The van der Waals surface area contributed by atoms with Gasteiger partial charge in [0.05, 0.1) is 6.20 Å². The molecular formula is C18H22N4O3. The van der Waals surface area contributed by atoms with E-state index in [9.17, 15) is 9.59 Å². The third kappa shape index (κ3) is 5.27. The summed E-state index contributed by atoms with van der Waals surface area (Å²) in [4.78, 5) is 31.3. The highest BCUT2D eigenvalue weighted by atomic mass is 16.5. The Balaban J connectivity index is 1.71. The maximum absolute atomic E-state index is 11.9. The number of nitrogens with one attached hydrogen (secondary N) is 2.